The number of carbonyl (C=O) groups is 1. The zero-order valence-electron chi connectivity index (χ0n) is 12.1. The Morgan fingerprint density at radius 3 is 2.26 bits per heavy atom. The third kappa shape index (κ3) is 4.46. The first-order chi connectivity index (χ1) is 11.0. The van der Waals surface area contributed by atoms with Gasteiger partial charge in [-0.15, -0.1) is 0 Å². The van der Waals surface area contributed by atoms with Crippen molar-refractivity contribution in [2.75, 3.05) is 18.5 Å². The van der Waals surface area contributed by atoms with E-state index < -0.39 is 23.5 Å². The first-order valence-electron chi connectivity index (χ1n) is 6.86. The van der Waals surface area contributed by atoms with Crippen LogP contribution >= 0.6 is 0 Å². The van der Waals surface area contributed by atoms with Gasteiger partial charge in [-0.3, -0.25) is 0 Å². The van der Waals surface area contributed by atoms with Crippen LogP contribution in [0.3, 0.4) is 0 Å². The normalized spacial score (nSPS) is 10.4. The zero-order chi connectivity index (χ0) is 16.8. The number of benzene rings is 2. The number of aliphatic hydroxyl groups excluding tert-OH is 1. The van der Waals surface area contributed by atoms with E-state index in [4.69, 9.17) is 5.11 Å². The highest BCUT2D eigenvalue weighted by Gasteiger charge is 2.16. The van der Waals surface area contributed by atoms with Crippen molar-refractivity contribution in [3.8, 4) is 0 Å². The molecular weight excluding hydrogens is 309 g/mol. The highest BCUT2D eigenvalue weighted by molar-refractivity contribution is 5.89. The molecule has 7 heteroatoms. The molecule has 0 fully saturated rings. The summed E-state index contributed by atoms with van der Waals surface area (Å²) in [5, 5.41) is 11.3. The highest BCUT2D eigenvalue weighted by atomic mass is 19.2. The smallest absolute Gasteiger partial charge is 0.322 e. The quantitative estimate of drug-likeness (QED) is 0.830. The molecule has 23 heavy (non-hydrogen) atoms. The van der Waals surface area contributed by atoms with Crippen molar-refractivity contribution in [2.45, 2.75) is 6.54 Å². The molecule has 0 aromatic heterocycles. The Hall–Kier alpha value is -2.54. The van der Waals surface area contributed by atoms with Crippen molar-refractivity contribution >= 4 is 11.7 Å². The number of urea groups is 1. The fourth-order valence-corrected chi connectivity index (χ4v) is 2.01. The van der Waals surface area contributed by atoms with E-state index in [1.807, 2.05) is 6.07 Å². The topological polar surface area (TPSA) is 52.6 Å². The third-order valence-electron chi connectivity index (χ3n) is 3.11. The van der Waals surface area contributed by atoms with E-state index in [-0.39, 0.29) is 25.4 Å². The largest absolute Gasteiger partial charge is 0.395 e. The van der Waals surface area contributed by atoms with Crippen molar-refractivity contribution in [2.24, 2.45) is 0 Å². The maximum absolute atomic E-state index is 13.2. The van der Waals surface area contributed by atoms with Crippen LogP contribution in [0.15, 0.2) is 42.5 Å². The predicted molar refractivity (Wildman–Crippen MR) is 79.3 cm³/mol. The van der Waals surface area contributed by atoms with E-state index in [0.717, 1.165) is 5.56 Å². The summed E-state index contributed by atoms with van der Waals surface area (Å²) in [6.07, 6.45) is 0. The molecule has 2 aromatic rings. The minimum absolute atomic E-state index is 0.0346. The van der Waals surface area contributed by atoms with Crippen LogP contribution in [0.5, 0.6) is 0 Å². The van der Waals surface area contributed by atoms with Crippen LogP contribution in [0.1, 0.15) is 5.56 Å². The summed E-state index contributed by atoms with van der Waals surface area (Å²) in [6, 6.07) is 9.75. The molecule has 2 aromatic carbocycles. The summed E-state index contributed by atoms with van der Waals surface area (Å²) in [6.45, 7) is -0.0291. The van der Waals surface area contributed by atoms with Gasteiger partial charge in [-0.1, -0.05) is 30.3 Å². The van der Waals surface area contributed by atoms with Crippen molar-refractivity contribution in [1.29, 1.82) is 0 Å². The van der Waals surface area contributed by atoms with Crippen LogP contribution in [-0.2, 0) is 6.54 Å². The highest BCUT2D eigenvalue weighted by Crippen LogP contribution is 2.18. The minimum Gasteiger partial charge on any atom is -0.395 e. The number of anilines is 1. The lowest BCUT2D eigenvalue weighted by atomic mass is 10.2. The number of aliphatic hydroxyl groups is 1. The van der Waals surface area contributed by atoms with E-state index in [0.29, 0.717) is 12.1 Å². The zero-order valence-corrected chi connectivity index (χ0v) is 12.1. The van der Waals surface area contributed by atoms with Gasteiger partial charge >= 0.3 is 6.03 Å². The molecule has 0 unspecified atom stereocenters. The fraction of sp³-hybridized carbons (Fsp3) is 0.188. The Kier molecular flexibility index (Phi) is 5.59. The van der Waals surface area contributed by atoms with Crippen LogP contribution in [0.4, 0.5) is 23.7 Å². The fourth-order valence-electron chi connectivity index (χ4n) is 2.01. The number of amides is 2. The maximum atomic E-state index is 13.2. The maximum Gasteiger partial charge on any atom is 0.322 e. The Morgan fingerprint density at radius 2 is 1.70 bits per heavy atom. The van der Waals surface area contributed by atoms with Crippen LogP contribution in [0.2, 0.25) is 0 Å². The second-order valence-corrected chi connectivity index (χ2v) is 4.81. The number of halogens is 3. The molecule has 122 valence electrons. The minimum atomic E-state index is -1.60. The van der Waals surface area contributed by atoms with Crippen molar-refractivity contribution in [3.05, 3.63) is 65.5 Å². The van der Waals surface area contributed by atoms with E-state index in [1.54, 1.807) is 24.3 Å². The van der Waals surface area contributed by atoms with Crippen LogP contribution in [0.25, 0.3) is 0 Å². The van der Waals surface area contributed by atoms with Crippen molar-refractivity contribution in [3.63, 3.8) is 0 Å². The molecule has 4 nitrogen and oxygen atoms in total. The Labute approximate surface area is 131 Å². The molecule has 0 spiro atoms. The molecule has 0 saturated heterocycles. The molecule has 2 N–H and O–H groups in total. The molecule has 2 amide bonds. The van der Waals surface area contributed by atoms with E-state index in [1.165, 1.54) is 4.90 Å². The van der Waals surface area contributed by atoms with Gasteiger partial charge in [0.05, 0.1) is 6.61 Å². The van der Waals surface area contributed by atoms with Crippen LogP contribution < -0.4 is 5.32 Å². The molecule has 2 rings (SSSR count). The molecule has 0 saturated carbocycles. The van der Waals surface area contributed by atoms with Gasteiger partial charge in [-0.25, -0.2) is 18.0 Å². The Bertz CT molecular complexity index is 657. The average Bonchev–Trinajstić information content (AvgIpc) is 2.53. The van der Waals surface area contributed by atoms with Crippen molar-refractivity contribution < 1.29 is 23.1 Å². The first-order valence-corrected chi connectivity index (χ1v) is 6.86. The van der Waals surface area contributed by atoms with E-state index in [9.17, 15) is 18.0 Å². The second-order valence-electron chi connectivity index (χ2n) is 4.81. The van der Waals surface area contributed by atoms with Gasteiger partial charge in [-0.05, 0) is 5.56 Å². The monoisotopic (exact) mass is 324 g/mol. The molecule has 0 heterocycles. The van der Waals surface area contributed by atoms with Gasteiger partial charge in [0.2, 0.25) is 0 Å². The molecule has 0 aliphatic carbocycles. The summed E-state index contributed by atoms with van der Waals surface area (Å²) in [5.74, 6) is -4.38. The summed E-state index contributed by atoms with van der Waals surface area (Å²) in [7, 11) is 0. The number of nitrogens with zero attached hydrogens (tertiary/aromatic N) is 1. The van der Waals surface area contributed by atoms with Gasteiger partial charge < -0.3 is 15.3 Å². The summed E-state index contributed by atoms with van der Waals surface area (Å²) in [4.78, 5) is 13.5. The number of rotatable bonds is 5. The van der Waals surface area contributed by atoms with E-state index in [2.05, 4.69) is 5.32 Å². The van der Waals surface area contributed by atoms with Gasteiger partial charge in [0.15, 0.2) is 17.5 Å². The molecule has 0 aliphatic rings. The Balaban J connectivity index is 2.12. The lowest BCUT2D eigenvalue weighted by molar-refractivity contribution is 0.185. The lowest BCUT2D eigenvalue weighted by Crippen LogP contribution is -2.36. The van der Waals surface area contributed by atoms with Gasteiger partial charge in [-0.2, -0.15) is 0 Å². The van der Waals surface area contributed by atoms with E-state index >= 15 is 0 Å². The molecule has 0 radical (unpaired) electrons. The first kappa shape index (κ1) is 16.8. The SMILES string of the molecule is O=C(Nc1cc(F)c(F)c(F)c1)N(CCO)Cc1ccccc1. The van der Waals surface area contributed by atoms with Crippen LogP contribution in [-0.4, -0.2) is 29.2 Å². The summed E-state index contributed by atoms with van der Waals surface area (Å²) >= 11 is 0. The average molecular weight is 324 g/mol. The molecule has 0 aliphatic heterocycles. The summed E-state index contributed by atoms with van der Waals surface area (Å²) < 4.78 is 39.2. The molecular formula is C16H15F3N2O2. The predicted octanol–water partition coefficient (Wildman–Crippen LogP) is 3.13. The standard InChI is InChI=1S/C16H15F3N2O2/c17-13-8-12(9-14(18)15(13)19)20-16(23)21(6-7-22)10-11-4-2-1-3-5-11/h1-5,8-9,22H,6-7,10H2,(H,20,23). The number of hydrogen-bond donors (Lipinski definition) is 2. The lowest BCUT2D eigenvalue weighted by Gasteiger charge is -2.22. The second kappa shape index (κ2) is 7.64. The summed E-state index contributed by atoms with van der Waals surface area (Å²) in [5.41, 5.74) is 0.620. The van der Waals surface area contributed by atoms with Gasteiger partial charge in [0.1, 0.15) is 0 Å². The van der Waals surface area contributed by atoms with Crippen molar-refractivity contribution in [1.82, 2.24) is 4.90 Å². The third-order valence-corrected chi connectivity index (χ3v) is 3.11. The number of hydrogen-bond acceptors (Lipinski definition) is 2. The number of nitrogens with one attached hydrogen (secondary N) is 1. The van der Waals surface area contributed by atoms with Gasteiger partial charge in [0.25, 0.3) is 0 Å². The van der Waals surface area contributed by atoms with Gasteiger partial charge in [0, 0.05) is 30.9 Å². The Morgan fingerprint density at radius 1 is 1.09 bits per heavy atom. The molecule has 0 bridgehead atoms. The number of carbonyl (C=O) groups excluding carboxylic acids is 1. The molecule has 0 atom stereocenters. The van der Waals surface area contributed by atoms with Crippen LogP contribution in [0, 0.1) is 17.5 Å².